The maximum atomic E-state index is 11.0. The normalized spacial score (nSPS) is 11.1. The van der Waals surface area contributed by atoms with Crippen molar-refractivity contribution in [1.82, 2.24) is 10.2 Å². The monoisotopic (exact) mass is 382 g/mol. The minimum atomic E-state index is -0.299. The lowest BCUT2D eigenvalue weighted by atomic mass is 10.2. The van der Waals surface area contributed by atoms with E-state index in [4.69, 9.17) is 10.2 Å². The van der Waals surface area contributed by atoms with Crippen LogP contribution in [0.3, 0.4) is 0 Å². The summed E-state index contributed by atoms with van der Waals surface area (Å²) in [4.78, 5) is 11.0. The fourth-order valence-electron chi connectivity index (χ4n) is 2.24. The van der Waals surface area contributed by atoms with E-state index >= 15 is 0 Å². The standard InChI is InChI=1S/C14H18N4O3.C7H8/c1-9(15)13-17-18-14(21-13)10-4-3-5-11(8-10)16-7-6-12(19)20-2;1-7-5-3-2-4-6-7/h3-5,8-9,16H,6-7,15H2,1-2H3;2-6H,1H3. The van der Waals surface area contributed by atoms with E-state index in [1.54, 1.807) is 6.92 Å². The van der Waals surface area contributed by atoms with Gasteiger partial charge in [-0.1, -0.05) is 42.0 Å². The summed E-state index contributed by atoms with van der Waals surface area (Å²) >= 11 is 0. The SMILES string of the molecule is COC(=O)CCNc1cccc(-c2nnc(C(C)N)o2)c1.Cc1ccccc1. The third kappa shape index (κ3) is 6.85. The first kappa shape index (κ1) is 21.1. The molecule has 0 radical (unpaired) electrons. The van der Waals surface area contributed by atoms with Gasteiger partial charge in [-0.3, -0.25) is 4.79 Å². The van der Waals surface area contributed by atoms with Gasteiger partial charge in [0.2, 0.25) is 11.8 Å². The fourth-order valence-corrected chi connectivity index (χ4v) is 2.24. The topological polar surface area (TPSA) is 103 Å². The largest absolute Gasteiger partial charge is 0.469 e. The summed E-state index contributed by atoms with van der Waals surface area (Å²) < 4.78 is 10.1. The number of carbonyl (C=O) groups is 1. The van der Waals surface area contributed by atoms with E-state index in [1.807, 2.05) is 42.5 Å². The van der Waals surface area contributed by atoms with Gasteiger partial charge < -0.3 is 20.2 Å². The molecule has 0 fully saturated rings. The number of esters is 1. The summed E-state index contributed by atoms with van der Waals surface area (Å²) in [6, 6.07) is 17.5. The van der Waals surface area contributed by atoms with E-state index < -0.39 is 0 Å². The van der Waals surface area contributed by atoms with Gasteiger partial charge >= 0.3 is 5.97 Å². The first-order valence-corrected chi connectivity index (χ1v) is 9.01. The van der Waals surface area contributed by atoms with Crippen LogP contribution in [-0.2, 0) is 9.53 Å². The highest BCUT2D eigenvalue weighted by Gasteiger charge is 2.11. The number of hydrogen-bond donors (Lipinski definition) is 2. The molecule has 7 nitrogen and oxygen atoms in total. The maximum absolute atomic E-state index is 11.0. The molecule has 2 aromatic carbocycles. The summed E-state index contributed by atoms with van der Waals surface area (Å²) in [5.41, 5.74) is 8.66. The number of nitrogens with zero attached hydrogens (tertiary/aromatic N) is 2. The van der Waals surface area contributed by atoms with Gasteiger partial charge in [-0.2, -0.15) is 0 Å². The molecule has 0 aliphatic heterocycles. The van der Waals surface area contributed by atoms with Gasteiger partial charge in [0.1, 0.15) is 0 Å². The number of carbonyl (C=O) groups excluding carboxylic acids is 1. The molecule has 0 spiro atoms. The first-order chi connectivity index (χ1) is 13.5. The summed E-state index contributed by atoms with van der Waals surface area (Å²) in [5, 5.41) is 11.0. The number of benzene rings is 2. The number of ether oxygens (including phenoxy) is 1. The highest BCUT2D eigenvalue weighted by atomic mass is 16.5. The molecule has 3 N–H and O–H groups in total. The lowest BCUT2D eigenvalue weighted by Crippen LogP contribution is -2.09. The van der Waals surface area contributed by atoms with Gasteiger partial charge in [-0.05, 0) is 32.0 Å². The number of aromatic nitrogens is 2. The van der Waals surface area contributed by atoms with Crippen molar-refractivity contribution in [3.63, 3.8) is 0 Å². The molecule has 0 amide bonds. The van der Waals surface area contributed by atoms with Gasteiger partial charge in [0.05, 0.1) is 19.6 Å². The Morgan fingerprint density at radius 2 is 1.93 bits per heavy atom. The van der Waals surface area contributed by atoms with Crippen LogP contribution in [0.5, 0.6) is 0 Å². The average Bonchev–Trinajstić information content (AvgIpc) is 3.20. The van der Waals surface area contributed by atoms with Crippen LogP contribution in [0, 0.1) is 6.92 Å². The third-order valence-corrected chi connectivity index (χ3v) is 3.77. The van der Waals surface area contributed by atoms with Crippen molar-refractivity contribution in [2.24, 2.45) is 5.73 Å². The lowest BCUT2D eigenvalue weighted by molar-refractivity contribution is -0.140. The zero-order valence-corrected chi connectivity index (χ0v) is 16.4. The van der Waals surface area contributed by atoms with Crippen molar-refractivity contribution in [2.75, 3.05) is 19.0 Å². The van der Waals surface area contributed by atoms with Crippen molar-refractivity contribution in [3.05, 3.63) is 66.1 Å². The van der Waals surface area contributed by atoms with Gasteiger partial charge in [-0.25, -0.2) is 0 Å². The van der Waals surface area contributed by atoms with E-state index in [1.165, 1.54) is 12.7 Å². The van der Waals surface area contributed by atoms with E-state index in [-0.39, 0.29) is 12.0 Å². The van der Waals surface area contributed by atoms with E-state index in [9.17, 15) is 4.79 Å². The fraction of sp³-hybridized carbons (Fsp3) is 0.286. The average molecular weight is 382 g/mol. The molecule has 0 saturated carbocycles. The minimum absolute atomic E-state index is 0.253. The van der Waals surface area contributed by atoms with Gasteiger partial charge in [0.25, 0.3) is 0 Å². The van der Waals surface area contributed by atoms with Crippen LogP contribution in [0.2, 0.25) is 0 Å². The van der Waals surface area contributed by atoms with Crippen LogP contribution in [0.1, 0.15) is 30.8 Å². The highest BCUT2D eigenvalue weighted by molar-refractivity contribution is 5.70. The van der Waals surface area contributed by atoms with Crippen molar-refractivity contribution in [2.45, 2.75) is 26.3 Å². The van der Waals surface area contributed by atoms with Crippen molar-refractivity contribution in [1.29, 1.82) is 0 Å². The second-order valence-corrected chi connectivity index (χ2v) is 6.22. The third-order valence-electron chi connectivity index (χ3n) is 3.77. The molecule has 1 aromatic heterocycles. The molecule has 7 heteroatoms. The second-order valence-electron chi connectivity index (χ2n) is 6.22. The van der Waals surface area contributed by atoms with Gasteiger partial charge in [0, 0.05) is 17.8 Å². The summed E-state index contributed by atoms with van der Waals surface area (Å²) in [6.07, 6.45) is 0.302. The maximum Gasteiger partial charge on any atom is 0.307 e. The first-order valence-electron chi connectivity index (χ1n) is 9.01. The number of methoxy groups -OCH3 is 1. The number of nitrogens with one attached hydrogen (secondary N) is 1. The molecule has 1 heterocycles. The Morgan fingerprint density at radius 3 is 2.50 bits per heavy atom. The second kappa shape index (κ2) is 10.8. The molecule has 0 aliphatic carbocycles. The number of hydrogen-bond acceptors (Lipinski definition) is 7. The molecule has 0 bridgehead atoms. The Bertz CT molecular complexity index is 863. The van der Waals surface area contributed by atoms with Crippen LogP contribution in [0.25, 0.3) is 11.5 Å². The Balaban J connectivity index is 0.000000336. The summed E-state index contributed by atoms with van der Waals surface area (Å²) in [6.45, 7) is 4.35. The number of anilines is 1. The zero-order chi connectivity index (χ0) is 20.4. The van der Waals surface area contributed by atoms with Crippen LogP contribution in [-0.4, -0.2) is 29.8 Å². The van der Waals surface area contributed by atoms with E-state index in [0.29, 0.717) is 24.7 Å². The molecular weight excluding hydrogens is 356 g/mol. The number of rotatable bonds is 6. The van der Waals surface area contributed by atoms with E-state index in [0.717, 1.165) is 11.3 Å². The molecule has 1 unspecified atom stereocenters. The van der Waals surface area contributed by atoms with Crippen molar-refractivity contribution >= 4 is 11.7 Å². The van der Waals surface area contributed by atoms with Crippen molar-refractivity contribution < 1.29 is 13.9 Å². The Kier molecular flexibility index (Phi) is 8.17. The molecule has 3 rings (SSSR count). The molecule has 0 aliphatic rings. The van der Waals surface area contributed by atoms with Gasteiger partial charge in [-0.15, -0.1) is 10.2 Å². The van der Waals surface area contributed by atoms with Gasteiger partial charge in [0.15, 0.2) is 0 Å². The quantitative estimate of drug-likeness (QED) is 0.626. The molecule has 3 aromatic rings. The Labute approximate surface area is 164 Å². The lowest BCUT2D eigenvalue weighted by Gasteiger charge is -2.06. The van der Waals surface area contributed by atoms with Crippen molar-refractivity contribution in [3.8, 4) is 11.5 Å². The van der Waals surface area contributed by atoms with Crippen LogP contribution in [0.15, 0.2) is 59.0 Å². The molecule has 28 heavy (non-hydrogen) atoms. The number of nitrogens with two attached hydrogens (primary N) is 1. The predicted molar refractivity (Wildman–Crippen MR) is 109 cm³/mol. The predicted octanol–water partition coefficient (Wildman–Crippen LogP) is 3.73. The summed E-state index contributed by atoms with van der Waals surface area (Å²) in [7, 11) is 1.37. The summed E-state index contributed by atoms with van der Waals surface area (Å²) in [5.74, 6) is 0.560. The molecule has 0 saturated heterocycles. The zero-order valence-electron chi connectivity index (χ0n) is 16.4. The highest BCUT2D eigenvalue weighted by Crippen LogP contribution is 2.22. The van der Waals surface area contributed by atoms with Crippen LogP contribution >= 0.6 is 0 Å². The number of aryl methyl sites for hydroxylation is 1. The van der Waals surface area contributed by atoms with Crippen LogP contribution in [0.4, 0.5) is 5.69 Å². The molecule has 1 atom stereocenters. The molecular formula is C21H26N4O3. The minimum Gasteiger partial charge on any atom is -0.469 e. The smallest absolute Gasteiger partial charge is 0.307 e. The Morgan fingerprint density at radius 1 is 1.18 bits per heavy atom. The molecule has 148 valence electrons. The Hall–Kier alpha value is -3.19. The van der Waals surface area contributed by atoms with Crippen LogP contribution < -0.4 is 11.1 Å². The van der Waals surface area contributed by atoms with E-state index in [2.05, 4.69) is 39.3 Å².